The maximum atomic E-state index is 11.0. The number of halogens is 3. The van der Waals surface area contributed by atoms with Gasteiger partial charge in [0.1, 0.15) is 10.3 Å². The molecule has 0 aliphatic heterocycles. The first-order valence-electron chi connectivity index (χ1n) is 4.31. The standard InChI is InChI=1S/C11H9Cl3O/c1-7(15)6-9(11(13)14)8-4-2-3-5-10(8)12/h2-5H,6H2,1H3. The van der Waals surface area contributed by atoms with Gasteiger partial charge in [-0.1, -0.05) is 53.0 Å². The molecule has 0 radical (unpaired) electrons. The summed E-state index contributed by atoms with van der Waals surface area (Å²) in [5, 5.41) is 0.535. The van der Waals surface area contributed by atoms with Gasteiger partial charge in [0.25, 0.3) is 0 Å². The average Bonchev–Trinajstić information content (AvgIpc) is 2.15. The number of rotatable bonds is 3. The molecule has 0 aromatic heterocycles. The van der Waals surface area contributed by atoms with Crippen LogP contribution in [0.3, 0.4) is 0 Å². The van der Waals surface area contributed by atoms with Crippen LogP contribution in [0.5, 0.6) is 0 Å². The molecule has 0 saturated heterocycles. The quantitative estimate of drug-likeness (QED) is 0.786. The van der Waals surface area contributed by atoms with E-state index in [0.29, 0.717) is 16.2 Å². The lowest BCUT2D eigenvalue weighted by atomic mass is 10.0. The predicted octanol–water partition coefficient (Wildman–Crippen LogP) is 4.47. The molecule has 0 amide bonds. The number of carbonyl (C=O) groups excluding carboxylic acids is 1. The highest BCUT2D eigenvalue weighted by Crippen LogP contribution is 2.32. The second kappa shape index (κ2) is 5.55. The molecule has 0 atom stereocenters. The Morgan fingerprint density at radius 3 is 2.33 bits per heavy atom. The van der Waals surface area contributed by atoms with Gasteiger partial charge >= 0.3 is 0 Å². The highest BCUT2D eigenvalue weighted by atomic mass is 35.5. The molecule has 0 N–H and O–H groups in total. The van der Waals surface area contributed by atoms with Crippen molar-refractivity contribution in [2.75, 3.05) is 0 Å². The van der Waals surface area contributed by atoms with Gasteiger partial charge in [-0.15, -0.1) is 0 Å². The predicted molar refractivity (Wildman–Crippen MR) is 65.4 cm³/mol. The molecular formula is C11H9Cl3O. The van der Waals surface area contributed by atoms with Crippen LogP contribution in [0.4, 0.5) is 0 Å². The van der Waals surface area contributed by atoms with Crippen LogP contribution in [0.2, 0.25) is 5.02 Å². The Morgan fingerprint density at radius 2 is 1.87 bits per heavy atom. The first-order chi connectivity index (χ1) is 7.02. The Labute approximate surface area is 104 Å². The van der Waals surface area contributed by atoms with Crippen molar-refractivity contribution in [3.63, 3.8) is 0 Å². The van der Waals surface area contributed by atoms with Crippen LogP contribution in [0.1, 0.15) is 18.9 Å². The fourth-order valence-corrected chi connectivity index (χ4v) is 1.81. The lowest BCUT2D eigenvalue weighted by Crippen LogP contribution is -1.95. The Balaban J connectivity index is 3.18. The van der Waals surface area contributed by atoms with Crippen molar-refractivity contribution >= 4 is 46.2 Å². The van der Waals surface area contributed by atoms with Crippen molar-refractivity contribution in [1.29, 1.82) is 0 Å². The average molecular weight is 264 g/mol. The van der Waals surface area contributed by atoms with E-state index in [-0.39, 0.29) is 16.7 Å². The van der Waals surface area contributed by atoms with E-state index >= 15 is 0 Å². The molecule has 80 valence electrons. The number of benzene rings is 1. The van der Waals surface area contributed by atoms with E-state index in [9.17, 15) is 4.79 Å². The van der Waals surface area contributed by atoms with Gasteiger partial charge in [-0.05, 0) is 24.1 Å². The van der Waals surface area contributed by atoms with Crippen molar-refractivity contribution in [2.45, 2.75) is 13.3 Å². The molecule has 0 aliphatic rings. The summed E-state index contributed by atoms with van der Waals surface area (Å²) >= 11 is 17.4. The second-order valence-electron chi connectivity index (χ2n) is 3.10. The molecule has 1 aromatic rings. The molecular weight excluding hydrogens is 254 g/mol. The van der Waals surface area contributed by atoms with Crippen LogP contribution in [0.15, 0.2) is 28.8 Å². The zero-order valence-corrected chi connectivity index (χ0v) is 10.3. The molecule has 1 nitrogen and oxygen atoms in total. The van der Waals surface area contributed by atoms with Crippen LogP contribution in [0.25, 0.3) is 5.57 Å². The van der Waals surface area contributed by atoms with Crippen molar-refractivity contribution in [3.05, 3.63) is 39.3 Å². The first kappa shape index (κ1) is 12.6. The van der Waals surface area contributed by atoms with Crippen LogP contribution < -0.4 is 0 Å². The molecule has 0 fully saturated rings. The molecule has 0 heterocycles. The summed E-state index contributed by atoms with van der Waals surface area (Å²) in [6.07, 6.45) is 0.187. The van der Waals surface area contributed by atoms with Crippen molar-refractivity contribution in [1.82, 2.24) is 0 Å². The summed E-state index contributed by atoms with van der Waals surface area (Å²) in [6.45, 7) is 1.48. The molecule has 0 spiro atoms. The highest BCUT2D eigenvalue weighted by Gasteiger charge is 2.11. The number of Topliss-reactive ketones (excluding diaryl/α,β-unsaturated/α-hetero) is 1. The summed E-state index contributed by atoms with van der Waals surface area (Å²) < 4.78 is 0.0818. The van der Waals surface area contributed by atoms with E-state index in [0.717, 1.165) is 0 Å². The second-order valence-corrected chi connectivity index (χ2v) is 4.45. The van der Waals surface area contributed by atoms with E-state index < -0.39 is 0 Å². The van der Waals surface area contributed by atoms with Crippen molar-refractivity contribution in [2.24, 2.45) is 0 Å². The maximum absolute atomic E-state index is 11.0. The summed E-state index contributed by atoms with van der Waals surface area (Å²) in [4.78, 5) is 11.0. The molecule has 1 aromatic carbocycles. The smallest absolute Gasteiger partial charge is 0.134 e. The lowest BCUT2D eigenvalue weighted by Gasteiger charge is -2.07. The van der Waals surface area contributed by atoms with Crippen LogP contribution in [-0.2, 0) is 4.79 Å². The Kier molecular flexibility index (Phi) is 4.65. The fourth-order valence-electron chi connectivity index (χ4n) is 1.22. The highest BCUT2D eigenvalue weighted by molar-refractivity contribution is 6.58. The zero-order valence-electron chi connectivity index (χ0n) is 8.06. The largest absolute Gasteiger partial charge is 0.300 e. The fraction of sp³-hybridized carbons (Fsp3) is 0.182. The third-order valence-electron chi connectivity index (χ3n) is 1.85. The molecule has 0 unspecified atom stereocenters. The monoisotopic (exact) mass is 262 g/mol. The summed E-state index contributed by atoms with van der Waals surface area (Å²) in [7, 11) is 0. The topological polar surface area (TPSA) is 17.1 Å². The molecule has 4 heteroatoms. The summed E-state index contributed by atoms with van der Waals surface area (Å²) in [5.41, 5.74) is 1.27. The summed E-state index contributed by atoms with van der Waals surface area (Å²) in [6, 6.07) is 7.14. The SMILES string of the molecule is CC(=O)CC(=C(Cl)Cl)c1ccccc1Cl. The zero-order chi connectivity index (χ0) is 11.4. The summed E-state index contributed by atoms with van der Waals surface area (Å²) in [5.74, 6) is -0.0104. The van der Waals surface area contributed by atoms with Gasteiger partial charge in [0.2, 0.25) is 0 Å². The Morgan fingerprint density at radius 1 is 1.27 bits per heavy atom. The number of ketones is 1. The van der Waals surface area contributed by atoms with Gasteiger partial charge < -0.3 is 0 Å². The minimum Gasteiger partial charge on any atom is -0.300 e. The maximum Gasteiger partial charge on any atom is 0.134 e. The minimum atomic E-state index is -0.0104. The van der Waals surface area contributed by atoms with Gasteiger partial charge in [-0.25, -0.2) is 0 Å². The van der Waals surface area contributed by atoms with Crippen molar-refractivity contribution in [3.8, 4) is 0 Å². The molecule has 0 bridgehead atoms. The van der Waals surface area contributed by atoms with Crippen LogP contribution in [-0.4, -0.2) is 5.78 Å². The van der Waals surface area contributed by atoms with Gasteiger partial charge in [-0.2, -0.15) is 0 Å². The third kappa shape index (κ3) is 3.53. The molecule has 0 aliphatic carbocycles. The van der Waals surface area contributed by atoms with Crippen LogP contribution >= 0.6 is 34.8 Å². The van der Waals surface area contributed by atoms with Crippen molar-refractivity contribution < 1.29 is 4.79 Å². The third-order valence-corrected chi connectivity index (χ3v) is 2.64. The van der Waals surface area contributed by atoms with Gasteiger partial charge in [0.05, 0.1) is 0 Å². The first-order valence-corrected chi connectivity index (χ1v) is 5.44. The lowest BCUT2D eigenvalue weighted by molar-refractivity contribution is -0.116. The molecule has 15 heavy (non-hydrogen) atoms. The molecule has 1 rings (SSSR count). The van der Waals surface area contributed by atoms with E-state index in [1.807, 2.05) is 6.07 Å². The normalized spacial score (nSPS) is 9.87. The van der Waals surface area contributed by atoms with E-state index in [1.54, 1.807) is 18.2 Å². The van der Waals surface area contributed by atoms with Gasteiger partial charge in [0.15, 0.2) is 0 Å². The Hall–Kier alpha value is -0.500. The van der Waals surface area contributed by atoms with Gasteiger partial charge in [-0.3, -0.25) is 4.79 Å². The minimum absolute atomic E-state index is 0.0104. The van der Waals surface area contributed by atoms with E-state index in [1.165, 1.54) is 6.92 Å². The Bertz CT molecular complexity index is 406. The number of hydrogen-bond acceptors (Lipinski definition) is 1. The molecule has 0 saturated carbocycles. The van der Waals surface area contributed by atoms with Gasteiger partial charge in [0, 0.05) is 11.4 Å². The number of hydrogen-bond donors (Lipinski definition) is 0. The number of carbonyl (C=O) groups is 1. The van der Waals surface area contributed by atoms with E-state index in [2.05, 4.69) is 0 Å². The van der Waals surface area contributed by atoms with Crippen LogP contribution in [0, 0.1) is 0 Å². The van der Waals surface area contributed by atoms with E-state index in [4.69, 9.17) is 34.8 Å². The number of allylic oxidation sites excluding steroid dienone is 1.